The third kappa shape index (κ3) is 3.69. The summed E-state index contributed by atoms with van der Waals surface area (Å²) in [6, 6.07) is 18.2. The highest BCUT2D eigenvalue weighted by atomic mass is 32.1. The van der Waals surface area contributed by atoms with Gasteiger partial charge >= 0.3 is 5.97 Å². The maximum absolute atomic E-state index is 12.8. The number of fused-ring (bicyclic) bond motifs is 1. The maximum Gasteiger partial charge on any atom is 0.335 e. The second kappa shape index (κ2) is 7.58. The largest absolute Gasteiger partial charge is 0.478 e. The molecule has 142 valence electrons. The van der Waals surface area contributed by atoms with Crippen LogP contribution in [-0.2, 0) is 24.3 Å². The van der Waals surface area contributed by atoms with Gasteiger partial charge in [0.2, 0.25) is 5.91 Å². The molecule has 2 heterocycles. The van der Waals surface area contributed by atoms with Gasteiger partial charge in [-0.3, -0.25) is 4.79 Å². The Labute approximate surface area is 167 Å². The number of amides is 1. The van der Waals surface area contributed by atoms with E-state index in [9.17, 15) is 9.59 Å². The van der Waals surface area contributed by atoms with Crippen molar-refractivity contribution in [2.24, 2.45) is 5.73 Å². The molecule has 0 radical (unpaired) electrons. The molecule has 1 aliphatic rings. The minimum Gasteiger partial charge on any atom is -0.478 e. The summed E-state index contributed by atoms with van der Waals surface area (Å²) in [5.74, 6) is -0.989. The number of carboxylic acid groups (broad SMARTS) is 1. The zero-order valence-corrected chi connectivity index (χ0v) is 16.0. The summed E-state index contributed by atoms with van der Waals surface area (Å²) < 4.78 is 0. The lowest BCUT2D eigenvalue weighted by Crippen LogP contribution is -2.42. The van der Waals surface area contributed by atoms with Gasteiger partial charge in [-0.15, -0.1) is 11.3 Å². The van der Waals surface area contributed by atoms with Crippen LogP contribution in [0.25, 0.3) is 10.4 Å². The molecule has 0 saturated carbocycles. The molecule has 0 unspecified atom stereocenters. The van der Waals surface area contributed by atoms with E-state index in [2.05, 4.69) is 0 Å². The quantitative estimate of drug-likeness (QED) is 0.696. The molecular weight excluding hydrogens is 372 g/mol. The Hall–Kier alpha value is -2.96. The van der Waals surface area contributed by atoms with Crippen LogP contribution in [0.5, 0.6) is 0 Å². The number of thiophene rings is 1. The fourth-order valence-electron chi connectivity index (χ4n) is 3.48. The summed E-state index contributed by atoms with van der Waals surface area (Å²) in [6.07, 6.45) is 0.467. The topological polar surface area (TPSA) is 83.6 Å². The molecule has 0 fully saturated rings. The molecule has 6 heteroatoms. The molecule has 2 aromatic carbocycles. The Kier molecular flexibility index (Phi) is 4.98. The molecule has 0 spiro atoms. The summed E-state index contributed by atoms with van der Waals surface area (Å²) in [5, 5.41) is 9.16. The normalized spacial score (nSPS) is 14.0. The zero-order valence-electron chi connectivity index (χ0n) is 15.2. The maximum atomic E-state index is 12.8. The molecule has 0 bridgehead atoms. The van der Waals surface area contributed by atoms with Crippen LogP contribution in [0.2, 0.25) is 0 Å². The second-order valence-corrected chi connectivity index (χ2v) is 8.09. The van der Waals surface area contributed by atoms with Crippen molar-refractivity contribution in [3.05, 3.63) is 82.2 Å². The Morgan fingerprint density at radius 3 is 2.43 bits per heavy atom. The van der Waals surface area contributed by atoms with E-state index in [0.29, 0.717) is 19.5 Å². The van der Waals surface area contributed by atoms with Crippen molar-refractivity contribution >= 4 is 23.2 Å². The molecule has 1 aromatic heterocycles. The van der Waals surface area contributed by atoms with Gasteiger partial charge in [-0.2, -0.15) is 0 Å². The number of aromatic carboxylic acids is 1. The lowest BCUT2D eigenvalue weighted by molar-refractivity contribution is -0.133. The number of rotatable bonds is 5. The Balaban J connectivity index is 1.43. The highest BCUT2D eigenvalue weighted by Crippen LogP contribution is 2.30. The first kappa shape index (κ1) is 18.4. The molecule has 4 rings (SSSR count). The van der Waals surface area contributed by atoms with Crippen LogP contribution in [0, 0.1) is 0 Å². The number of carboxylic acids is 1. The van der Waals surface area contributed by atoms with Crippen LogP contribution in [0.15, 0.2) is 60.7 Å². The fourth-order valence-corrected chi connectivity index (χ4v) is 4.54. The van der Waals surface area contributed by atoms with Crippen LogP contribution in [-0.4, -0.2) is 27.9 Å². The smallest absolute Gasteiger partial charge is 0.335 e. The second-order valence-electron chi connectivity index (χ2n) is 6.93. The van der Waals surface area contributed by atoms with Crippen LogP contribution in [0.4, 0.5) is 0 Å². The standard InChI is InChI=1S/C22H20N2O3S/c23-19(21(25)24-12-16-4-1-2-5-17(16)13-24)11-18-8-9-20(28-18)14-6-3-7-15(10-14)22(26)27/h1-10,19H,11-13,23H2,(H,26,27)/t19-/m1/s1. The highest BCUT2D eigenvalue weighted by Gasteiger charge is 2.27. The monoisotopic (exact) mass is 392 g/mol. The van der Waals surface area contributed by atoms with E-state index in [4.69, 9.17) is 10.8 Å². The number of hydrogen-bond donors (Lipinski definition) is 2. The van der Waals surface area contributed by atoms with E-state index in [1.54, 1.807) is 23.1 Å². The van der Waals surface area contributed by atoms with Crippen molar-refractivity contribution in [1.82, 2.24) is 4.90 Å². The molecule has 1 aliphatic heterocycles. The number of hydrogen-bond acceptors (Lipinski definition) is 4. The van der Waals surface area contributed by atoms with E-state index >= 15 is 0 Å². The highest BCUT2D eigenvalue weighted by molar-refractivity contribution is 7.15. The molecule has 3 N–H and O–H groups in total. The van der Waals surface area contributed by atoms with Gasteiger partial charge in [-0.1, -0.05) is 36.4 Å². The third-order valence-electron chi connectivity index (χ3n) is 4.95. The predicted octanol–water partition coefficient (Wildman–Crippen LogP) is 3.53. The fraction of sp³-hybridized carbons (Fsp3) is 0.182. The molecule has 3 aromatic rings. The summed E-state index contributed by atoms with van der Waals surface area (Å²) in [6.45, 7) is 1.22. The zero-order chi connectivity index (χ0) is 19.7. The SMILES string of the molecule is N[C@H](Cc1ccc(-c2cccc(C(=O)O)c2)s1)C(=O)N1Cc2ccccc2C1. The van der Waals surface area contributed by atoms with Crippen molar-refractivity contribution in [2.45, 2.75) is 25.6 Å². The van der Waals surface area contributed by atoms with Gasteiger partial charge in [0.05, 0.1) is 11.6 Å². The first-order valence-corrected chi connectivity index (χ1v) is 9.86. The first-order chi connectivity index (χ1) is 13.5. The van der Waals surface area contributed by atoms with Gasteiger partial charge < -0.3 is 15.7 Å². The minimum absolute atomic E-state index is 0.0426. The van der Waals surface area contributed by atoms with Gasteiger partial charge in [-0.25, -0.2) is 4.79 Å². The van der Waals surface area contributed by atoms with Crippen molar-refractivity contribution in [2.75, 3.05) is 0 Å². The van der Waals surface area contributed by atoms with Crippen LogP contribution in [0.1, 0.15) is 26.4 Å². The van der Waals surface area contributed by atoms with Crippen LogP contribution < -0.4 is 5.73 Å². The van der Waals surface area contributed by atoms with Crippen LogP contribution in [0.3, 0.4) is 0 Å². The molecule has 1 atom stereocenters. The summed E-state index contributed by atoms with van der Waals surface area (Å²) in [7, 11) is 0. The van der Waals surface area contributed by atoms with Crippen molar-refractivity contribution in [3.63, 3.8) is 0 Å². The molecule has 28 heavy (non-hydrogen) atoms. The van der Waals surface area contributed by atoms with E-state index in [1.165, 1.54) is 22.5 Å². The summed E-state index contributed by atoms with van der Waals surface area (Å²) >= 11 is 1.54. The number of nitrogens with zero attached hydrogens (tertiary/aromatic N) is 1. The molecule has 1 amide bonds. The molecular formula is C22H20N2O3S. The van der Waals surface area contributed by atoms with Crippen LogP contribution >= 0.6 is 11.3 Å². The predicted molar refractivity (Wildman–Crippen MR) is 109 cm³/mol. The van der Waals surface area contributed by atoms with Gasteiger partial charge in [-0.05, 0) is 41.0 Å². The number of carbonyl (C=O) groups is 2. The Morgan fingerprint density at radius 2 is 1.75 bits per heavy atom. The van der Waals surface area contributed by atoms with E-state index in [0.717, 1.165) is 15.3 Å². The van der Waals surface area contributed by atoms with Gasteiger partial charge in [0.25, 0.3) is 0 Å². The minimum atomic E-state index is -0.946. The van der Waals surface area contributed by atoms with E-state index < -0.39 is 12.0 Å². The molecule has 5 nitrogen and oxygen atoms in total. The summed E-state index contributed by atoms with van der Waals surface area (Å²) in [4.78, 5) is 27.7. The lowest BCUT2D eigenvalue weighted by atomic mass is 10.1. The van der Waals surface area contributed by atoms with Gasteiger partial charge in [0.1, 0.15) is 0 Å². The van der Waals surface area contributed by atoms with E-state index in [-0.39, 0.29) is 11.5 Å². The van der Waals surface area contributed by atoms with Crippen molar-refractivity contribution in [1.29, 1.82) is 0 Å². The average Bonchev–Trinajstić information content (AvgIpc) is 3.34. The lowest BCUT2D eigenvalue weighted by Gasteiger charge is -2.20. The Bertz CT molecular complexity index is 1020. The van der Waals surface area contributed by atoms with Gasteiger partial charge in [0.15, 0.2) is 0 Å². The number of benzene rings is 2. The summed E-state index contributed by atoms with van der Waals surface area (Å²) in [5.41, 5.74) is 9.68. The Morgan fingerprint density at radius 1 is 1.04 bits per heavy atom. The first-order valence-electron chi connectivity index (χ1n) is 9.05. The number of nitrogens with two attached hydrogens (primary N) is 1. The number of carbonyl (C=O) groups excluding carboxylic acids is 1. The average molecular weight is 392 g/mol. The third-order valence-corrected chi connectivity index (χ3v) is 6.10. The van der Waals surface area contributed by atoms with Crippen molar-refractivity contribution in [3.8, 4) is 10.4 Å². The van der Waals surface area contributed by atoms with E-state index in [1.807, 2.05) is 42.5 Å². The van der Waals surface area contributed by atoms with Gasteiger partial charge in [0, 0.05) is 29.3 Å². The molecule has 0 saturated heterocycles. The van der Waals surface area contributed by atoms with Crippen molar-refractivity contribution < 1.29 is 14.7 Å². The molecule has 0 aliphatic carbocycles.